The Morgan fingerprint density at radius 2 is 2.32 bits per heavy atom. The molecule has 1 saturated heterocycles. The number of hydrogen-bond donors (Lipinski definition) is 2. The van der Waals surface area contributed by atoms with Gasteiger partial charge in [-0.05, 0) is 50.9 Å². The zero-order chi connectivity index (χ0) is 15.9. The Hall–Kier alpha value is -1.59. The number of methoxy groups -OCH3 is 1. The lowest BCUT2D eigenvalue weighted by molar-refractivity contribution is -0.133. The summed E-state index contributed by atoms with van der Waals surface area (Å²) in [6, 6.07) is 8.17. The van der Waals surface area contributed by atoms with Crippen molar-refractivity contribution in [1.82, 2.24) is 10.6 Å². The van der Waals surface area contributed by atoms with E-state index in [-0.39, 0.29) is 11.9 Å². The molecule has 0 aliphatic carbocycles. The maximum atomic E-state index is 12.2. The van der Waals surface area contributed by atoms with Crippen molar-refractivity contribution in [2.45, 2.75) is 51.5 Å². The lowest BCUT2D eigenvalue weighted by Crippen LogP contribution is -2.53. The third kappa shape index (κ3) is 4.71. The molecule has 0 radical (unpaired) electrons. The van der Waals surface area contributed by atoms with E-state index in [1.54, 1.807) is 14.0 Å². The topological polar surface area (TPSA) is 59.6 Å². The van der Waals surface area contributed by atoms with Crippen molar-refractivity contribution in [3.8, 4) is 5.75 Å². The van der Waals surface area contributed by atoms with Crippen LogP contribution in [-0.4, -0.2) is 37.7 Å². The van der Waals surface area contributed by atoms with Crippen LogP contribution < -0.4 is 15.4 Å². The molecule has 1 aliphatic rings. The molecular formula is C17H26N2O3. The van der Waals surface area contributed by atoms with E-state index in [4.69, 9.17) is 9.47 Å². The predicted molar refractivity (Wildman–Crippen MR) is 85.9 cm³/mol. The second-order valence-electron chi connectivity index (χ2n) is 5.80. The van der Waals surface area contributed by atoms with Crippen LogP contribution >= 0.6 is 0 Å². The standard InChI is InChI=1S/C17H26N2O3/c1-12-16(8-5-9-18-12)19-17(20)13(2)22-11-14-6-4-7-15(10-14)21-3/h4,6-7,10,12-13,16,18H,5,8-9,11H2,1-3H3,(H,19,20). The van der Waals surface area contributed by atoms with E-state index < -0.39 is 6.10 Å². The summed E-state index contributed by atoms with van der Waals surface area (Å²) >= 11 is 0. The Labute approximate surface area is 132 Å². The first-order valence-electron chi connectivity index (χ1n) is 7.88. The summed E-state index contributed by atoms with van der Waals surface area (Å²) in [5.74, 6) is 0.740. The van der Waals surface area contributed by atoms with Crippen LogP contribution in [0.25, 0.3) is 0 Å². The molecule has 1 heterocycles. The van der Waals surface area contributed by atoms with Crippen molar-refractivity contribution in [3.63, 3.8) is 0 Å². The Morgan fingerprint density at radius 3 is 3.05 bits per heavy atom. The summed E-state index contributed by atoms with van der Waals surface area (Å²) in [6.45, 7) is 5.31. The Kier molecular flexibility index (Phi) is 6.21. The highest BCUT2D eigenvalue weighted by molar-refractivity contribution is 5.80. The number of nitrogens with one attached hydrogen (secondary N) is 2. The van der Waals surface area contributed by atoms with Gasteiger partial charge in [-0.15, -0.1) is 0 Å². The highest BCUT2D eigenvalue weighted by Crippen LogP contribution is 2.14. The van der Waals surface area contributed by atoms with Crippen LogP contribution in [0.5, 0.6) is 5.75 Å². The lowest BCUT2D eigenvalue weighted by Gasteiger charge is -2.31. The van der Waals surface area contributed by atoms with Gasteiger partial charge in [-0.25, -0.2) is 0 Å². The van der Waals surface area contributed by atoms with E-state index in [9.17, 15) is 4.79 Å². The second-order valence-corrected chi connectivity index (χ2v) is 5.80. The third-order valence-corrected chi connectivity index (χ3v) is 4.09. The molecule has 2 rings (SSSR count). The maximum absolute atomic E-state index is 12.2. The van der Waals surface area contributed by atoms with Gasteiger partial charge in [0.1, 0.15) is 11.9 Å². The molecule has 1 aromatic carbocycles. The average molecular weight is 306 g/mol. The molecule has 0 aromatic heterocycles. The lowest BCUT2D eigenvalue weighted by atomic mass is 10.00. The quantitative estimate of drug-likeness (QED) is 0.842. The molecule has 0 spiro atoms. The molecule has 1 fully saturated rings. The predicted octanol–water partition coefficient (Wildman–Crippen LogP) is 1.86. The van der Waals surface area contributed by atoms with Gasteiger partial charge in [-0.2, -0.15) is 0 Å². The van der Waals surface area contributed by atoms with Gasteiger partial charge in [0, 0.05) is 12.1 Å². The van der Waals surface area contributed by atoms with Crippen molar-refractivity contribution in [2.24, 2.45) is 0 Å². The van der Waals surface area contributed by atoms with Crippen LogP contribution in [-0.2, 0) is 16.1 Å². The SMILES string of the molecule is COc1cccc(COC(C)C(=O)NC2CCCNC2C)c1. The first-order chi connectivity index (χ1) is 10.6. The fourth-order valence-corrected chi connectivity index (χ4v) is 2.60. The molecule has 2 N–H and O–H groups in total. The Bertz CT molecular complexity index is 493. The molecule has 122 valence electrons. The van der Waals surface area contributed by atoms with Gasteiger partial charge in [0.05, 0.1) is 13.7 Å². The van der Waals surface area contributed by atoms with Gasteiger partial charge in [-0.1, -0.05) is 12.1 Å². The molecule has 5 heteroatoms. The number of carbonyl (C=O) groups excluding carboxylic acids is 1. The molecular weight excluding hydrogens is 280 g/mol. The number of hydrogen-bond acceptors (Lipinski definition) is 4. The summed E-state index contributed by atoms with van der Waals surface area (Å²) in [6.07, 6.45) is 1.64. The fraction of sp³-hybridized carbons (Fsp3) is 0.588. The van der Waals surface area contributed by atoms with Crippen LogP contribution in [0.2, 0.25) is 0 Å². The minimum absolute atomic E-state index is 0.0524. The maximum Gasteiger partial charge on any atom is 0.249 e. The second kappa shape index (κ2) is 8.15. The van der Waals surface area contributed by atoms with E-state index in [1.165, 1.54) is 0 Å². The highest BCUT2D eigenvalue weighted by Gasteiger charge is 2.24. The summed E-state index contributed by atoms with van der Waals surface area (Å²) in [4.78, 5) is 12.2. The molecule has 0 saturated carbocycles. The third-order valence-electron chi connectivity index (χ3n) is 4.09. The minimum Gasteiger partial charge on any atom is -0.497 e. The summed E-state index contributed by atoms with van der Waals surface area (Å²) in [7, 11) is 1.63. The molecule has 22 heavy (non-hydrogen) atoms. The van der Waals surface area contributed by atoms with Gasteiger partial charge in [0.2, 0.25) is 5.91 Å². The normalized spacial score (nSPS) is 22.9. The van der Waals surface area contributed by atoms with E-state index in [1.807, 2.05) is 24.3 Å². The molecule has 1 aliphatic heterocycles. The average Bonchev–Trinajstić information content (AvgIpc) is 2.54. The highest BCUT2D eigenvalue weighted by atomic mass is 16.5. The van der Waals surface area contributed by atoms with Gasteiger partial charge in [0.25, 0.3) is 0 Å². The minimum atomic E-state index is -0.472. The number of piperidine rings is 1. The fourth-order valence-electron chi connectivity index (χ4n) is 2.60. The zero-order valence-corrected chi connectivity index (χ0v) is 13.6. The van der Waals surface area contributed by atoms with E-state index in [0.29, 0.717) is 12.6 Å². The molecule has 3 atom stereocenters. The van der Waals surface area contributed by atoms with Crippen molar-refractivity contribution in [2.75, 3.05) is 13.7 Å². The van der Waals surface area contributed by atoms with Crippen LogP contribution in [0.3, 0.4) is 0 Å². The molecule has 0 bridgehead atoms. The number of amides is 1. The van der Waals surface area contributed by atoms with E-state index in [2.05, 4.69) is 17.6 Å². The molecule has 5 nitrogen and oxygen atoms in total. The van der Waals surface area contributed by atoms with E-state index >= 15 is 0 Å². The van der Waals surface area contributed by atoms with Gasteiger partial charge < -0.3 is 20.1 Å². The number of carbonyl (C=O) groups is 1. The zero-order valence-electron chi connectivity index (χ0n) is 13.6. The first kappa shape index (κ1) is 16.8. The summed E-state index contributed by atoms with van der Waals surface area (Å²) < 4.78 is 10.9. The van der Waals surface area contributed by atoms with Crippen molar-refractivity contribution < 1.29 is 14.3 Å². The van der Waals surface area contributed by atoms with Crippen molar-refractivity contribution in [3.05, 3.63) is 29.8 Å². The van der Waals surface area contributed by atoms with Crippen molar-refractivity contribution >= 4 is 5.91 Å². The van der Waals surface area contributed by atoms with Crippen LogP contribution in [0.4, 0.5) is 0 Å². The number of rotatable bonds is 6. The molecule has 1 amide bonds. The van der Waals surface area contributed by atoms with Gasteiger partial charge in [0.15, 0.2) is 0 Å². The largest absolute Gasteiger partial charge is 0.497 e. The van der Waals surface area contributed by atoms with Crippen molar-refractivity contribution in [1.29, 1.82) is 0 Å². The van der Waals surface area contributed by atoms with Crippen LogP contribution in [0.1, 0.15) is 32.3 Å². The number of ether oxygens (including phenoxy) is 2. The molecule has 3 unspecified atom stereocenters. The smallest absolute Gasteiger partial charge is 0.249 e. The first-order valence-corrected chi connectivity index (χ1v) is 7.88. The van der Waals surface area contributed by atoms with Gasteiger partial charge >= 0.3 is 0 Å². The van der Waals surface area contributed by atoms with E-state index in [0.717, 1.165) is 30.7 Å². The molecule has 1 aromatic rings. The Balaban J connectivity index is 1.80. The Morgan fingerprint density at radius 1 is 1.50 bits per heavy atom. The monoisotopic (exact) mass is 306 g/mol. The number of benzene rings is 1. The summed E-state index contributed by atoms with van der Waals surface area (Å²) in [5, 5.41) is 6.45. The van der Waals surface area contributed by atoms with Crippen LogP contribution in [0.15, 0.2) is 24.3 Å². The summed E-state index contributed by atoms with van der Waals surface area (Å²) in [5.41, 5.74) is 0.992. The van der Waals surface area contributed by atoms with Crippen LogP contribution in [0, 0.1) is 0 Å². The van der Waals surface area contributed by atoms with Gasteiger partial charge in [-0.3, -0.25) is 4.79 Å².